The molecule has 2 N–H and O–H groups in total. The molecule has 98 valence electrons. The summed E-state index contributed by atoms with van der Waals surface area (Å²) in [7, 11) is 0. The number of rotatable bonds is 2. The summed E-state index contributed by atoms with van der Waals surface area (Å²) >= 11 is 0. The lowest BCUT2D eigenvalue weighted by Gasteiger charge is -2.03. The quantitative estimate of drug-likeness (QED) is 0.583. The van der Waals surface area contributed by atoms with Gasteiger partial charge in [-0.25, -0.2) is 4.79 Å². The Kier molecular flexibility index (Phi) is 2.26. The third-order valence-corrected chi connectivity index (χ3v) is 3.52. The van der Waals surface area contributed by atoms with E-state index in [1.807, 2.05) is 42.5 Å². The van der Waals surface area contributed by atoms with Crippen LogP contribution in [-0.2, 0) is 6.54 Å². The number of H-pyrrole nitrogens is 2. The normalized spacial score (nSPS) is 11.4. The van der Waals surface area contributed by atoms with E-state index in [1.165, 1.54) is 0 Å². The highest BCUT2D eigenvalue weighted by Gasteiger charge is 2.09. The van der Waals surface area contributed by atoms with Crippen LogP contribution in [0.2, 0.25) is 0 Å². The van der Waals surface area contributed by atoms with E-state index in [0.29, 0.717) is 6.54 Å². The van der Waals surface area contributed by atoms with E-state index >= 15 is 0 Å². The molecule has 5 nitrogen and oxygen atoms in total. The fourth-order valence-corrected chi connectivity index (χ4v) is 2.52. The highest BCUT2D eigenvalue weighted by molar-refractivity contribution is 5.92. The number of hydrogen-bond acceptors (Lipinski definition) is 2. The summed E-state index contributed by atoms with van der Waals surface area (Å²) in [6.45, 7) is 0.559. The summed E-state index contributed by atoms with van der Waals surface area (Å²) in [5.41, 5.74) is 3.65. The number of nitrogens with zero attached hydrogens (tertiary/aromatic N) is 2. The molecular weight excluding hydrogens is 252 g/mol. The van der Waals surface area contributed by atoms with Gasteiger partial charge in [-0.1, -0.05) is 30.3 Å². The maximum atomic E-state index is 12.1. The highest BCUT2D eigenvalue weighted by atomic mass is 16.1. The number of nitrogens with one attached hydrogen (secondary N) is 2. The average molecular weight is 264 g/mol. The van der Waals surface area contributed by atoms with E-state index in [0.717, 1.165) is 27.5 Å². The zero-order chi connectivity index (χ0) is 13.5. The lowest BCUT2D eigenvalue weighted by molar-refractivity contribution is 0.787. The summed E-state index contributed by atoms with van der Waals surface area (Å²) in [5.74, 6) is 0. The molecule has 0 saturated heterocycles. The lowest BCUT2D eigenvalue weighted by atomic mass is 10.2. The average Bonchev–Trinajstić information content (AvgIpc) is 3.03. The Balaban J connectivity index is 1.93. The molecule has 2 aromatic heterocycles. The molecule has 4 aromatic rings. The third kappa shape index (κ3) is 1.64. The highest BCUT2D eigenvalue weighted by Crippen LogP contribution is 2.19. The van der Waals surface area contributed by atoms with Gasteiger partial charge in [0.05, 0.1) is 29.3 Å². The number of aromatic nitrogens is 4. The molecule has 2 aromatic carbocycles. The standard InChI is InChI=1S/C15H12N4O/c20-15-17-13-7-12-11(8-16-18-12)6-14(13)19(15)9-10-4-2-1-3-5-10/h1-8H,9H2,(H,16,18)(H,17,20). The van der Waals surface area contributed by atoms with Crippen LogP contribution in [0.4, 0.5) is 0 Å². The second kappa shape index (κ2) is 4.09. The topological polar surface area (TPSA) is 66.5 Å². The molecule has 20 heavy (non-hydrogen) atoms. The molecule has 0 bridgehead atoms. The van der Waals surface area contributed by atoms with Crippen LogP contribution >= 0.6 is 0 Å². The molecule has 0 fully saturated rings. The summed E-state index contributed by atoms with van der Waals surface area (Å²) in [4.78, 5) is 15.0. The molecule has 5 heteroatoms. The third-order valence-electron chi connectivity index (χ3n) is 3.52. The van der Waals surface area contributed by atoms with Crippen LogP contribution in [-0.4, -0.2) is 19.7 Å². The number of fused-ring (bicyclic) bond motifs is 2. The number of imidazole rings is 1. The fraction of sp³-hybridized carbons (Fsp3) is 0.0667. The Bertz CT molecular complexity index is 946. The molecule has 4 rings (SSSR count). The van der Waals surface area contributed by atoms with Crippen molar-refractivity contribution in [2.45, 2.75) is 6.54 Å². The summed E-state index contributed by atoms with van der Waals surface area (Å²) in [5, 5.41) is 7.92. The van der Waals surface area contributed by atoms with Crippen molar-refractivity contribution in [2.75, 3.05) is 0 Å². The molecule has 0 saturated carbocycles. The number of aromatic amines is 2. The minimum atomic E-state index is -0.0931. The molecule has 0 aliphatic heterocycles. The first-order chi connectivity index (χ1) is 9.81. The fourth-order valence-electron chi connectivity index (χ4n) is 2.52. The molecule has 0 unspecified atom stereocenters. The first-order valence-electron chi connectivity index (χ1n) is 6.41. The van der Waals surface area contributed by atoms with Crippen molar-refractivity contribution in [3.8, 4) is 0 Å². The van der Waals surface area contributed by atoms with E-state index < -0.39 is 0 Å². The minimum absolute atomic E-state index is 0.0931. The molecule has 0 atom stereocenters. The van der Waals surface area contributed by atoms with Gasteiger partial charge in [-0.3, -0.25) is 9.67 Å². The van der Waals surface area contributed by atoms with Gasteiger partial charge in [0.15, 0.2) is 0 Å². The number of benzene rings is 2. The lowest BCUT2D eigenvalue weighted by Crippen LogP contribution is -2.17. The molecule has 0 spiro atoms. The van der Waals surface area contributed by atoms with Crippen molar-refractivity contribution in [2.24, 2.45) is 0 Å². The first-order valence-corrected chi connectivity index (χ1v) is 6.41. The molecule has 2 heterocycles. The van der Waals surface area contributed by atoms with E-state index in [-0.39, 0.29) is 5.69 Å². The Morgan fingerprint density at radius 1 is 1.10 bits per heavy atom. The zero-order valence-electron chi connectivity index (χ0n) is 10.6. The first kappa shape index (κ1) is 11.0. The van der Waals surface area contributed by atoms with E-state index in [1.54, 1.807) is 10.8 Å². The minimum Gasteiger partial charge on any atom is -0.305 e. The maximum absolute atomic E-state index is 12.1. The largest absolute Gasteiger partial charge is 0.326 e. The monoisotopic (exact) mass is 264 g/mol. The van der Waals surface area contributed by atoms with Crippen LogP contribution < -0.4 is 5.69 Å². The SMILES string of the molecule is O=c1[nH]c2cc3[nH]ncc3cc2n1Cc1ccccc1. The Hall–Kier alpha value is -2.82. The summed E-state index contributed by atoms with van der Waals surface area (Å²) in [6, 6.07) is 13.8. The van der Waals surface area contributed by atoms with Gasteiger partial charge in [-0.05, 0) is 17.7 Å². The van der Waals surface area contributed by atoms with Crippen molar-refractivity contribution in [3.05, 3.63) is 64.7 Å². The summed E-state index contributed by atoms with van der Waals surface area (Å²) < 4.78 is 1.75. The van der Waals surface area contributed by atoms with Crippen molar-refractivity contribution in [1.29, 1.82) is 0 Å². The smallest absolute Gasteiger partial charge is 0.305 e. The van der Waals surface area contributed by atoms with Crippen molar-refractivity contribution in [3.63, 3.8) is 0 Å². The van der Waals surface area contributed by atoms with Crippen molar-refractivity contribution >= 4 is 21.9 Å². The van der Waals surface area contributed by atoms with Crippen LogP contribution in [0.3, 0.4) is 0 Å². The second-order valence-electron chi connectivity index (χ2n) is 4.83. The molecule has 0 radical (unpaired) electrons. The summed E-state index contributed by atoms with van der Waals surface area (Å²) in [6.07, 6.45) is 1.76. The van der Waals surface area contributed by atoms with Gasteiger partial charge < -0.3 is 4.98 Å². The predicted octanol–water partition coefficient (Wildman–Crippen LogP) is 2.25. The van der Waals surface area contributed by atoms with Crippen LogP contribution in [0.15, 0.2) is 53.5 Å². The van der Waals surface area contributed by atoms with Crippen molar-refractivity contribution in [1.82, 2.24) is 19.7 Å². The predicted molar refractivity (Wildman–Crippen MR) is 77.8 cm³/mol. The Morgan fingerprint density at radius 2 is 1.95 bits per heavy atom. The van der Waals surface area contributed by atoms with E-state index in [4.69, 9.17) is 0 Å². The van der Waals surface area contributed by atoms with Crippen LogP contribution in [0.1, 0.15) is 5.56 Å². The molecule has 0 aliphatic rings. The van der Waals surface area contributed by atoms with Crippen LogP contribution in [0, 0.1) is 0 Å². The van der Waals surface area contributed by atoms with Gasteiger partial charge in [-0.2, -0.15) is 5.10 Å². The number of hydrogen-bond donors (Lipinski definition) is 2. The molecular formula is C15H12N4O. The maximum Gasteiger partial charge on any atom is 0.326 e. The Morgan fingerprint density at radius 3 is 2.80 bits per heavy atom. The van der Waals surface area contributed by atoms with Gasteiger partial charge in [0.25, 0.3) is 0 Å². The molecule has 0 aliphatic carbocycles. The zero-order valence-corrected chi connectivity index (χ0v) is 10.6. The van der Waals surface area contributed by atoms with Crippen molar-refractivity contribution < 1.29 is 0 Å². The van der Waals surface area contributed by atoms with E-state index in [9.17, 15) is 4.79 Å². The van der Waals surface area contributed by atoms with Gasteiger partial charge in [0, 0.05) is 5.39 Å². The van der Waals surface area contributed by atoms with Crippen LogP contribution in [0.25, 0.3) is 21.9 Å². The van der Waals surface area contributed by atoms with Gasteiger partial charge in [0.2, 0.25) is 0 Å². The molecule has 0 amide bonds. The Labute approximate surface area is 113 Å². The second-order valence-corrected chi connectivity index (χ2v) is 4.83. The van der Waals surface area contributed by atoms with Gasteiger partial charge in [-0.15, -0.1) is 0 Å². The van der Waals surface area contributed by atoms with Gasteiger partial charge in [0.1, 0.15) is 0 Å². The van der Waals surface area contributed by atoms with Gasteiger partial charge >= 0.3 is 5.69 Å². The van der Waals surface area contributed by atoms with Crippen LogP contribution in [0.5, 0.6) is 0 Å². The van der Waals surface area contributed by atoms with E-state index in [2.05, 4.69) is 15.2 Å².